The van der Waals surface area contributed by atoms with Gasteiger partial charge in [0.1, 0.15) is 13.2 Å². The van der Waals surface area contributed by atoms with Crippen LogP contribution < -0.4 is 14.8 Å². The summed E-state index contributed by atoms with van der Waals surface area (Å²) >= 11 is 12.2. The van der Waals surface area contributed by atoms with Gasteiger partial charge < -0.3 is 14.8 Å². The van der Waals surface area contributed by atoms with Gasteiger partial charge in [-0.15, -0.1) is 0 Å². The second-order valence-electron chi connectivity index (χ2n) is 8.66. The zero-order valence-electron chi connectivity index (χ0n) is 20.1. The Morgan fingerprint density at radius 1 is 0.917 bits per heavy atom. The van der Waals surface area contributed by atoms with Gasteiger partial charge in [0.25, 0.3) is 0 Å². The lowest BCUT2D eigenvalue weighted by molar-refractivity contribution is -0.116. The van der Waals surface area contributed by atoms with E-state index in [4.69, 9.17) is 32.7 Å². The Bertz CT molecular complexity index is 1400. The maximum atomic E-state index is 13.9. The van der Waals surface area contributed by atoms with Crippen molar-refractivity contribution in [3.05, 3.63) is 80.8 Å². The number of nitrogens with zero attached hydrogens (tertiary/aromatic N) is 1. The van der Waals surface area contributed by atoms with E-state index in [-0.39, 0.29) is 11.4 Å². The van der Waals surface area contributed by atoms with Crippen molar-refractivity contribution in [2.45, 2.75) is 32.2 Å². The Hall–Kier alpha value is -2.78. The molecule has 0 aromatic heterocycles. The molecule has 0 aliphatic carbocycles. The smallest absolute Gasteiger partial charge is 0.244 e. The topological polar surface area (TPSA) is 84.9 Å². The van der Waals surface area contributed by atoms with E-state index in [2.05, 4.69) is 5.32 Å². The van der Waals surface area contributed by atoms with Crippen molar-refractivity contribution in [3.63, 3.8) is 0 Å². The second kappa shape index (κ2) is 10.7. The second-order valence-corrected chi connectivity index (χ2v) is 11.3. The maximum Gasteiger partial charge on any atom is 0.244 e. The molecule has 190 valence electrons. The number of hydrogen-bond donors (Lipinski definition) is 1. The molecule has 3 aromatic rings. The molecule has 10 heteroatoms. The van der Waals surface area contributed by atoms with E-state index in [0.717, 1.165) is 9.87 Å². The van der Waals surface area contributed by atoms with Gasteiger partial charge in [-0.05, 0) is 61.7 Å². The number of halogens is 2. The van der Waals surface area contributed by atoms with Gasteiger partial charge >= 0.3 is 0 Å². The van der Waals surface area contributed by atoms with Crippen LogP contribution in [0, 0.1) is 20.8 Å². The summed E-state index contributed by atoms with van der Waals surface area (Å²) in [7, 11) is -4.05. The molecule has 1 aliphatic rings. The molecular weight excluding hydrogens is 523 g/mol. The van der Waals surface area contributed by atoms with E-state index in [0.29, 0.717) is 57.1 Å². The standard InChI is InChI=1S/C26H26Cl2N2O5S/c1-16-10-17(2)26(18(3)11-16)36(32,33)30(14-19-4-6-21(27)22(28)12-19)15-25(31)29-20-5-7-23-24(13-20)35-9-8-34-23/h4-7,10-13H,8-9,14-15H2,1-3H3,(H,29,31). The van der Waals surface area contributed by atoms with Crippen LogP contribution in [0.1, 0.15) is 22.3 Å². The summed E-state index contributed by atoms with van der Waals surface area (Å²) in [5.74, 6) is 0.608. The Morgan fingerprint density at radius 2 is 1.58 bits per heavy atom. The fourth-order valence-electron chi connectivity index (χ4n) is 4.25. The normalized spacial score (nSPS) is 13.1. The highest BCUT2D eigenvalue weighted by atomic mass is 35.5. The Kier molecular flexibility index (Phi) is 7.80. The molecule has 1 heterocycles. The number of ether oxygens (including phenoxy) is 2. The molecule has 1 aliphatic heterocycles. The van der Waals surface area contributed by atoms with Crippen LogP contribution in [0.25, 0.3) is 0 Å². The molecule has 1 N–H and O–H groups in total. The van der Waals surface area contributed by atoms with E-state index >= 15 is 0 Å². The molecule has 0 saturated carbocycles. The average Bonchev–Trinajstić information content (AvgIpc) is 2.80. The number of fused-ring (bicyclic) bond motifs is 1. The van der Waals surface area contributed by atoms with Crippen molar-refractivity contribution >= 4 is 44.8 Å². The Balaban J connectivity index is 1.65. The minimum absolute atomic E-state index is 0.0689. The van der Waals surface area contributed by atoms with Crippen LogP contribution in [0.2, 0.25) is 10.0 Å². The van der Waals surface area contributed by atoms with Crippen LogP contribution >= 0.6 is 23.2 Å². The number of anilines is 1. The number of rotatable bonds is 7. The van der Waals surface area contributed by atoms with Crippen molar-refractivity contribution < 1.29 is 22.7 Å². The van der Waals surface area contributed by atoms with Gasteiger partial charge in [-0.1, -0.05) is 47.0 Å². The van der Waals surface area contributed by atoms with Gasteiger partial charge in [0, 0.05) is 18.3 Å². The highest BCUT2D eigenvalue weighted by Crippen LogP contribution is 2.33. The van der Waals surface area contributed by atoms with E-state index in [1.807, 2.05) is 19.1 Å². The Morgan fingerprint density at radius 3 is 2.25 bits per heavy atom. The first kappa shape index (κ1) is 26.3. The fourth-order valence-corrected chi connectivity index (χ4v) is 6.37. The number of sulfonamides is 1. The first-order valence-electron chi connectivity index (χ1n) is 11.3. The fraction of sp³-hybridized carbons (Fsp3) is 0.269. The van der Waals surface area contributed by atoms with Gasteiger partial charge in [-0.2, -0.15) is 4.31 Å². The highest BCUT2D eigenvalue weighted by Gasteiger charge is 2.30. The molecule has 0 spiro atoms. The van der Waals surface area contributed by atoms with Gasteiger partial charge in [0.15, 0.2) is 11.5 Å². The molecule has 1 amide bonds. The minimum Gasteiger partial charge on any atom is -0.486 e. The summed E-state index contributed by atoms with van der Waals surface area (Å²) in [6.45, 7) is 5.79. The quantitative estimate of drug-likeness (QED) is 0.420. The largest absolute Gasteiger partial charge is 0.486 e. The number of carbonyl (C=O) groups is 1. The summed E-state index contributed by atoms with van der Waals surface area (Å²) in [4.78, 5) is 13.2. The molecular formula is C26H26Cl2N2O5S. The number of carbonyl (C=O) groups excluding carboxylic acids is 1. The summed E-state index contributed by atoms with van der Waals surface area (Å²) in [5.41, 5.74) is 3.25. The third-order valence-corrected chi connectivity index (χ3v) is 8.53. The van der Waals surface area contributed by atoms with Crippen molar-refractivity contribution in [1.29, 1.82) is 0 Å². The van der Waals surface area contributed by atoms with Crippen LogP contribution in [0.5, 0.6) is 11.5 Å². The lowest BCUT2D eigenvalue weighted by Gasteiger charge is -2.24. The predicted octanol–water partition coefficient (Wildman–Crippen LogP) is 5.52. The lowest BCUT2D eigenvalue weighted by atomic mass is 10.1. The maximum absolute atomic E-state index is 13.9. The third kappa shape index (κ3) is 5.78. The van der Waals surface area contributed by atoms with Crippen LogP contribution in [-0.2, 0) is 21.4 Å². The van der Waals surface area contributed by atoms with Crippen molar-refractivity contribution in [2.75, 3.05) is 25.1 Å². The molecule has 36 heavy (non-hydrogen) atoms. The first-order valence-corrected chi connectivity index (χ1v) is 13.5. The predicted molar refractivity (Wildman–Crippen MR) is 141 cm³/mol. The highest BCUT2D eigenvalue weighted by molar-refractivity contribution is 7.89. The summed E-state index contributed by atoms with van der Waals surface area (Å²) in [5, 5.41) is 3.42. The van der Waals surface area contributed by atoms with E-state index in [1.54, 1.807) is 50.2 Å². The minimum atomic E-state index is -4.05. The first-order chi connectivity index (χ1) is 17.0. The SMILES string of the molecule is Cc1cc(C)c(S(=O)(=O)N(CC(=O)Nc2ccc3c(c2)OCCO3)Cc2ccc(Cl)c(Cl)c2)c(C)c1. The summed E-state index contributed by atoms with van der Waals surface area (Å²) in [6, 6.07) is 13.5. The Labute approximate surface area is 221 Å². The van der Waals surface area contributed by atoms with Gasteiger partial charge in [0.2, 0.25) is 15.9 Å². The van der Waals surface area contributed by atoms with Crippen LogP contribution in [0.15, 0.2) is 53.4 Å². The third-order valence-electron chi connectivity index (χ3n) is 5.69. The molecule has 0 fully saturated rings. The summed E-state index contributed by atoms with van der Waals surface area (Å²) < 4.78 is 40.0. The van der Waals surface area contributed by atoms with Crippen molar-refractivity contribution in [1.82, 2.24) is 4.31 Å². The van der Waals surface area contributed by atoms with E-state index in [1.165, 1.54) is 0 Å². The van der Waals surface area contributed by atoms with Gasteiger partial charge in [-0.3, -0.25) is 4.79 Å². The van der Waals surface area contributed by atoms with Gasteiger partial charge in [-0.25, -0.2) is 8.42 Å². The molecule has 0 atom stereocenters. The molecule has 3 aromatic carbocycles. The van der Waals surface area contributed by atoms with E-state index in [9.17, 15) is 13.2 Å². The number of aryl methyl sites for hydroxylation is 3. The molecule has 4 rings (SSSR count). The number of hydrogen-bond acceptors (Lipinski definition) is 5. The molecule has 7 nitrogen and oxygen atoms in total. The zero-order chi connectivity index (χ0) is 26.0. The zero-order valence-corrected chi connectivity index (χ0v) is 22.4. The summed E-state index contributed by atoms with van der Waals surface area (Å²) in [6.07, 6.45) is 0. The monoisotopic (exact) mass is 548 g/mol. The van der Waals surface area contributed by atoms with Crippen molar-refractivity contribution in [3.8, 4) is 11.5 Å². The lowest BCUT2D eigenvalue weighted by Crippen LogP contribution is -2.38. The number of nitrogens with one attached hydrogen (secondary N) is 1. The van der Waals surface area contributed by atoms with Crippen LogP contribution in [-0.4, -0.2) is 38.4 Å². The average molecular weight is 549 g/mol. The van der Waals surface area contributed by atoms with Gasteiger partial charge in [0.05, 0.1) is 21.5 Å². The molecule has 0 radical (unpaired) electrons. The number of amides is 1. The molecule has 0 saturated heterocycles. The number of benzene rings is 3. The van der Waals surface area contributed by atoms with Crippen molar-refractivity contribution in [2.24, 2.45) is 0 Å². The molecule has 0 bridgehead atoms. The van der Waals surface area contributed by atoms with E-state index < -0.39 is 22.5 Å². The molecule has 0 unspecified atom stereocenters. The van der Waals surface area contributed by atoms with Crippen LogP contribution in [0.4, 0.5) is 5.69 Å². The van der Waals surface area contributed by atoms with Crippen LogP contribution in [0.3, 0.4) is 0 Å².